The van der Waals surface area contributed by atoms with Crippen LogP contribution in [0, 0.1) is 0 Å². The Hall–Kier alpha value is -2.05. The molecule has 1 aromatic carbocycles. The molecule has 6 heteroatoms. The Morgan fingerprint density at radius 1 is 1.32 bits per heavy atom. The second kappa shape index (κ2) is 7.89. The number of fused-ring (bicyclic) bond motifs is 1. The van der Waals surface area contributed by atoms with E-state index in [9.17, 15) is 4.79 Å². The second-order valence-corrected chi connectivity index (χ2v) is 7.09. The molecule has 0 unspecified atom stereocenters. The van der Waals surface area contributed by atoms with Gasteiger partial charge in [-0.2, -0.15) is 0 Å². The maximum absolute atomic E-state index is 10.9. The summed E-state index contributed by atoms with van der Waals surface area (Å²) in [6.45, 7) is 1.67. The van der Waals surface area contributed by atoms with Gasteiger partial charge < -0.3 is 14.6 Å². The lowest BCUT2D eigenvalue weighted by molar-refractivity contribution is -0.137. The Morgan fingerprint density at radius 2 is 2.08 bits per heavy atom. The molecule has 1 N–H and O–H groups in total. The molecule has 5 nitrogen and oxygen atoms in total. The fourth-order valence-corrected chi connectivity index (χ4v) is 4.33. The fraction of sp³-hybridized carbons (Fsp3) is 0.421. The third-order valence-electron chi connectivity index (χ3n) is 4.62. The van der Waals surface area contributed by atoms with Crippen molar-refractivity contribution in [3.05, 3.63) is 45.6 Å². The Kier molecular flexibility index (Phi) is 5.60. The Morgan fingerprint density at radius 3 is 2.72 bits per heavy atom. The number of hydrogen-bond donors (Lipinski definition) is 1. The molecule has 0 bridgehead atoms. The molecular weight excluding hydrogens is 338 g/mol. The van der Waals surface area contributed by atoms with Gasteiger partial charge in [0.2, 0.25) is 0 Å². The number of carboxylic acid groups (broad SMARTS) is 1. The average Bonchev–Trinajstić information content (AvgIpc) is 3.14. The summed E-state index contributed by atoms with van der Waals surface area (Å²) < 4.78 is 10.9. The molecule has 1 aromatic heterocycles. The van der Waals surface area contributed by atoms with Crippen LogP contribution in [0.2, 0.25) is 0 Å². The highest BCUT2D eigenvalue weighted by Crippen LogP contribution is 2.42. The van der Waals surface area contributed by atoms with Crippen molar-refractivity contribution in [2.24, 2.45) is 0 Å². The number of hydrogen-bond acceptors (Lipinski definition) is 5. The van der Waals surface area contributed by atoms with E-state index in [1.807, 2.05) is 0 Å². The van der Waals surface area contributed by atoms with Gasteiger partial charge >= 0.3 is 5.97 Å². The molecule has 0 spiro atoms. The van der Waals surface area contributed by atoms with E-state index in [4.69, 9.17) is 14.6 Å². The molecule has 0 radical (unpaired) electrons. The van der Waals surface area contributed by atoms with Gasteiger partial charge in [-0.05, 0) is 54.1 Å². The summed E-state index contributed by atoms with van der Waals surface area (Å²) >= 11 is 1.73. The predicted octanol–water partition coefficient (Wildman–Crippen LogP) is 3.58. The lowest BCUT2D eigenvalue weighted by Crippen LogP contribution is -2.36. The maximum Gasteiger partial charge on any atom is 0.303 e. The molecule has 25 heavy (non-hydrogen) atoms. The molecule has 0 fully saturated rings. The maximum atomic E-state index is 10.9. The van der Waals surface area contributed by atoms with Gasteiger partial charge in [-0.25, -0.2) is 0 Å². The Bertz CT molecular complexity index is 729. The van der Waals surface area contributed by atoms with Crippen molar-refractivity contribution >= 4 is 17.3 Å². The van der Waals surface area contributed by atoms with E-state index in [0.29, 0.717) is 6.42 Å². The Balaban J connectivity index is 1.96. The highest BCUT2D eigenvalue weighted by atomic mass is 32.1. The summed E-state index contributed by atoms with van der Waals surface area (Å²) in [5, 5.41) is 11.0. The minimum Gasteiger partial charge on any atom is -0.493 e. The second-order valence-electron chi connectivity index (χ2n) is 6.11. The fourth-order valence-electron chi connectivity index (χ4n) is 3.45. The van der Waals surface area contributed by atoms with Crippen LogP contribution >= 0.6 is 11.3 Å². The van der Waals surface area contributed by atoms with Crippen LogP contribution < -0.4 is 9.47 Å². The monoisotopic (exact) mass is 361 g/mol. The number of thiophene rings is 1. The van der Waals surface area contributed by atoms with Gasteiger partial charge in [0.1, 0.15) is 0 Å². The number of carbonyl (C=O) groups is 1. The molecule has 0 saturated carbocycles. The molecule has 0 amide bonds. The molecule has 0 saturated heterocycles. The SMILES string of the molecule is COc1cc2c(cc1OC)[C@@H](c1cccs1)N(CCCC(=O)O)CC2. The predicted molar refractivity (Wildman–Crippen MR) is 97.9 cm³/mol. The van der Waals surface area contributed by atoms with Gasteiger partial charge in [0, 0.05) is 17.8 Å². The quantitative estimate of drug-likeness (QED) is 0.817. The van der Waals surface area contributed by atoms with Crippen LogP contribution in [-0.2, 0) is 11.2 Å². The zero-order valence-corrected chi connectivity index (χ0v) is 15.3. The van der Waals surface area contributed by atoms with Crippen molar-refractivity contribution in [3.63, 3.8) is 0 Å². The van der Waals surface area contributed by atoms with E-state index in [1.54, 1.807) is 25.6 Å². The number of aliphatic carboxylic acids is 1. The normalized spacial score (nSPS) is 17.1. The van der Waals surface area contributed by atoms with Crippen LogP contribution in [0.3, 0.4) is 0 Å². The molecule has 134 valence electrons. The molecule has 3 rings (SSSR count). The van der Waals surface area contributed by atoms with Gasteiger partial charge in [-0.15, -0.1) is 11.3 Å². The molecule has 1 aliphatic heterocycles. The largest absolute Gasteiger partial charge is 0.493 e. The number of nitrogens with zero attached hydrogens (tertiary/aromatic N) is 1. The molecule has 1 atom stereocenters. The highest BCUT2D eigenvalue weighted by Gasteiger charge is 2.30. The lowest BCUT2D eigenvalue weighted by atomic mass is 9.90. The third kappa shape index (κ3) is 3.80. The smallest absolute Gasteiger partial charge is 0.303 e. The molecular formula is C19H23NO4S. The van der Waals surface area contributed by atoms with Crippen molar-refractivity contribution in [3.8, 4) is 11.5 Å². The van der Waals surface area contributed by atoms with Gasteiger partial charge in [0.05, 0.1) is 20.3 Å². The minimum absolute atomic E-state index is 0.136. The van der Waals surface area contributed by atoms with Crippen LogP contribution in [0.25, 0.3) is 0 Å². The molecule has 0 aliphatic carbocycles. The van der Waals surface area contributed by atoms with Crippen LogP contribution in [0.15, 0.2) is 29.6 Å². The van der Waals surface area contributed by atoms with Crippen LogP contribution in [0.1, 0.15) is 34.9 Å². The molecule has 1 aliphatic rings. The van der Waals surface area contributed by atoms with Crippen molar-refractivity contribution in [1.29, 1.82) is 0 Å². The first-order valence-corrected chi connectivity index (χ1v) is 9.26. The average molecular weight is 361 g/mol. The number of benzene rings is 1. The van der Waals surface area contributed by atoms with Crippen molar-refractivity contribution < 1.29 is 19.4 Å². The van der Waals surface area contributed by atoms with Crippen LogP contribution in [0.5, 0.6) is 11.5 Å². The minimum atomic E-state index is -0.739. The van der Waals surface area contributed by atoms with Gasteiger partial charge in [0.25, 0.3) is 0 Å². The third-order valence-corrected chi connectivity index (χ3v) is 5.55. The zero-order valence-electron chi connectivity index (χ0n) is 14.5. The van der Waals surface area contributed by atoms with Crippen LogP contribution in [-0.4, -0.2) is 43.3 Å². The number of carboxylic acids is 1. The van der Waals surface area contributed by atoms with E-state index in [-0.39, 0.29) is 12.5 Å². The number of ether oxygens (including phenoxy) is 2. The van der Waals surface area contributed by atoms with Crippen molar-refractivity contribution in [2.75, 3.05) is 27.3 Å². The van der Waals surface area contributed by atoms with Gasteiger partial charge in [0.15, 0.2) is 11.5 Å². The van der Waals surface area contributed by atoms with E-state index in [0.717, 1.165) is 31.0 Å². The van der Waals surface area contributed by atoms with Crippen molar-refractivity contribution in [1.82, 2.24) is 4.90 Å². The van der Waals surface area contributed by atoms with E-state index < -0.39 is 5.97 Å². The highest BCUT2D eigenvalue weighted by molar-refractivity contribution is 7.10. The van der Waals surface area contributed by atoms with Gasteiger partial charge in [-0.1, -0.05) is 6.07 Å². The zero-order chi connectivity index (χ0) is 17.8. The number of methoxy groups -OCH3 is 2. The molecule has 2 aromatic rings. The summed E-state index contributed by atoms with van der Waals surface area (Å²) in [6, 6.07) is 8.48. The number of rotatable bonds is 7. The first kappa shape index (κ1) is 17.8. The van der Waals surface area contributed by atoms with E-state index in [2.05, 4.69) is 34.5 Å². The van der Waals surface area contributed by atoms with E-state index in [1.165, 1.54) is 16.0 Å². The van der Waals surface area contributed by atoms with Gasteiger partial charge in [-0.3, -0.25) is 9.69 Å². The standard InChI is InChI=1S/C19H23NO4S/c1-23-15-11-13-7-9-20(8-3-6-18(21)22)19(17-5-4-10-25-17)14(13)12-16(15)24-2/h4-5,10-12,19H,3,6-9H2,1-2H3,(H,21,22)/t19-/m0/s1. The van der Waals surface area contributed by atoms with E-state index >= 15 is 0 Å². The summed E-state index contributed by atoms with van der Waals surface area (Å²) in [7, 11) is 3.31. The molecule has 2 heterocycles. The summed E-state index contributed by atoms with van der Waals surface area (Å²) in [5.74, 6) is 0.747. The summed E-state index contributed by atoms with van der Waals surface area (Å²) in [4.78, 5) is 14.5. The van der Waals surface area contributed by atoms with Crippen molar-refractivity contribution in [2.45, 2.75) is 25.3 Å². The topological polar surface area (TPSA) is 59.0 Å². The summed E-state index contributed by atoms with van der Waals surface area (Å²) in [5.41, 5.74) is 2.49. The first-order chi connectivity index (χ1) is 12.1. The lowest BCUT2D eigenvalue weighted by Gasteiger charge is -2.37. The Labute approximate surface area is 151 Å². The first-order valence-electron chi connectivity index (χ1n) is 8.38. The summed E-state index contributed by atoms with van der Waals surface area (Å²) in [6.07, 6.45) is 1.77. The van der Waals surface area contributed by atoms with Crippen LogP contribution in [0.4, 0.5) is 0 Å².